The number of aromatic nitrogens is 4. The lowest BCUT2D eigenvalue weighted by Gasteiger charge is -2.72. The minimum atomic E-state index is -1.17. The highest BCUT2D eigenvalue weighted by Crippen LogP contribution is 2.77. The van der Waals surface area contributed by atoms with E-state index in [0.29, 0.717) is 41.4 Å². The Labute approximate surface area is 318 Å². The van der Waals surface area contributed by atoms with Crippen LogP contribution in [-0.2, 0) is 25.5 Å². The molecule has 0 aliphatic heterocycles. The number of carboxylic acids is 1. The van der Waals surface area contributed by atoms with Crippen molar-refractivity contribution in [3.05, 3.63) is 34.5 Å². The van der Waals surface area contributed by atoms with Crippen molar-refractivity contribution in [2.45, 2.75) is 139 Å². The molecule has 2 heterocycles. The molecule has 2 aromatic heterocycles. The topological polar surface area (TPSA) is 145 Å². The zero-order valence-corrected chi connectivity index (χ0v) is 33.7. The molecule has 4 fully saturated rings. The molecular formula is C42H57ClN4O6. The number of nitrogens with zero attached hydrogens (tertiary/aromatic N) is 4. The van der Waals surface area contributed by atoms with Gasteiger partial charge in [0, 0.05) is 36.1 Å². The number of carbonyl (C=O) groups is 3. The van der Waals surface area contributed by atoms with E-state index in [9.17, 15) is 19.5 Å². The highest BCUT2D eigenvalue weighted by Gasteiger charge is 2.70. The van der Waals surface area contributed by atoms with E-state index >= 15 is 0 Å². The third-order valence-electron chi connectivity index (χ3n) is 15.7. The molecular weight excluding hydrogens is 692 g/mol. The van der Waals surface area contributed by atoms with Crippen molar-refractivity contribution in [1.29, 1.82) is 0 Å². The van der Waals surface area contributed by atoms with Gasteiger partial charge in [-0.3, -0.25) is 14.4 Å². The summed E-state index contributed by atoms with van der Waals surface area (Å²) < 4.78 is 12.4. The van der Waals surface area contributed by atoms with Crippen LogP contribution in [0.15, 0.2) is 28.0 Å². The number of aliphatic carboxylic acids is 1. The molecule has 0 aromatic carbocycles. The van der Waals surface area contributed by atoms with E-state index in [1.54, 1.807) is 13.8 Å². The van der Waals surface area contributed by atoms with Crippen LogP contribution in [0.1, 0.15) is 132 Å². The molecule has 53 heavy (non-hydrogen) atoms. The third-order valence-corrected chi connectivity index (χ3v) is 15.9. The number of Topliss-reactive ketones (excluding diaryl/α,β-unsaturated/α-hetero) is 1. The van der Waals surface area contributed by atoms with Gasteiger partial charge in [0.15, 0.2) is 5.78 Å². The Bertz CT molecular complexity index is 1850. The fourth-order valence-corrected chi connectivity index (χ4v) is 13.0. The molecule has 7 rings (SSSR count). The van der Waals surface area contributed by atoms with E-state index in [0.717, 1.165) is 56.9 Å². The van der Waals surface area contributed by atoms with Crippen molar-refractivity contribution in [2.75, 3.05) is 0 Å². The molecule has 0 spiro atoms. The maximum Gasteiger partial charge on any atom is 0.309 e. The van der Waals surface area contributed by atoms with Gasteiger partial charge in [-0.1, -0.05) is 65.6 Å². The Kier molecular flexibility index (Phi) is 9.14. The highest BCUT2D eigenvalue weighted by atomic mass is 35.5. The molecule has 11 heteroatoms. The Morgan fingerprint density at radius 1 is 0.962 bits per heavy atom. The zero-order chi connectivity index (χ0) is 38.5. The van der Waals surface area contributed by atoms with E-state index < -0.39 is 17.4 Å². The number of hydrogen-bond acceptors (Lipinski definition) is 9. The van der Waals surface area contributed by atoms with Crippen LogP contribution >= 0.6 is 11.6 Å². The Morgan fingerprint density at radius 2 is 1.66 bits per heavy atom. The van der Waals surface area contributed by atoms with Crippen LogP contribution in [0.3, 0.4) is 0 Å². The first-order valence-corrected chi connectivity index (χ1v) is 20.1. The van der Waals surface area contributed by atoms with Gasteiger partial charge in [0.05, 0.1) is 16.9 Å². The van der Waals surface area contributed by atoms with Gasteiger partial charge in [-0.25, -0.2) is 9.97 Å². The molecule has 4 saturated carbocycles. The summed E-state index contributed by atoms with van der Waals surface area (Å²) in [4.78, 5) is 47.5. The van der Waals surface area contributed by atoms with Gasteiger partial charge in [0.1, 0.15) is 6.10 Å². The number of fused-ring (bicyclic) bond motifs is 7. The number of rotatable bonds is 8. The summed E-state index contributed by atoms with van der Waals surface area (Å²) in [6, 6.07) is 0. The van der Waals surface area contributed by atoms with E-state index in [4.69, 9.17) is 20.8 Å². The summed E-state index contributed by atoms with van der Waals surface area (Å²) in [5.41, 5.74) is 0.741. The fraction of sp³-hybridized carbons (Fsp3) is 0.738. The van der Waals surface area contributed by atoms with Gasteiger partial charge < -0.3 is 14.3 Å². The number of carboxylic acid groups (broad SMARTS) is 1. The summed E-state index contributed by atoms with van der Waals surface area (Å²) in [5.74, 6) is 1.21. The van der Waals surface area contributed by atoms with Crippen LogP contribution in [0.2, 0.25) is 5.02 Å². The normalized spacial score (nSPS) is 36.4. The van der Waals surface area contributed by atoms with Crippen molar-refractivity contribution in [2.24, 2.45) is 56.2 Å². The van der Waals surface area contributed by atoms with Gasteiger partial charge in [-0.2, -0.15) is 0 Å². The predicted octanol–water partition coefficient (Wildman–Crippen LogP) is 9.12. The quantitative estimate of drug-likeness (QED) is 0.259. The Morgan fingerprint density at radius 3 is 2.32 bits per heavy atom. The van der Waals surface area contributed by atoms with Crippen LogP contribution < -0.4 is 0 Å². The molecule has 0 unspecified atom stereocenters. The maximum absolute atomic E-state index is 14.1. The minimum absolute atomic E-state index is 0.000508. The van der Waals surface area contributed by atoms with E-state index in [-0.39, 0.29) is 63.1 Å². The molecule has 10 nitrogen and oxygen atoms in total. The molecule has 5 aliphatic carbocycles. The SMILES string of the molecule is CC(C)C1=C2[C@H]3CC[C@@H]4[C@@]5(C)CC[C@H](OC(=O)CC(C)(C)C(=O)O)C(C)(C)[C@@H]5CC[C@@]4(C)[C@]3(C)CC[C@@]2(Cc2nnc(-c3ncc(Cl)cn3)o2)CC1=O. The van der Waals surface area contributed by atoms with E-state index in [1.165, 1.54) is 18.0 Å². The van der Waals surface area contributed by atoms with Crippen LogP contribution in [0.5, 0.6) is 0 Å². The van der Waals surface area contributed by atoms with Crippen molar-refractivity contribution in [3.63, 3.8) is 0 Å². The first-order valence-electron chi connectivity index (χ1n) is 19.7. The van der Waals surface area contributed by atoms with Crippen LogP contribution in [0, 0.1) is 56.2 Å². The standard InChI is InChI=1S/C42H57ClN4O6/c1-23(2)32-26(48)18-42(19-30-46-47-35(53-30)34-44-21-24(43)22-45-34)17-16-40(8)25(33(32)42)10-11-28-39(7)14-13-29(52-31(49)20-37(3,4)36(50)51)38(5,6)27(39)12-15-41(28,40)9/h21-23,25,27-29H,10-20H2,1-9H3,(H,50,51)/t25-,27+,28-,29+,39+,40-,41-,42+/m1/s1. The lowest BCUT2D eigenvalue weighted by Crippen LogP contribution is -2.65. The second-order valence-electron chi connectivity index (χ2n) is 19.6. The van der Waals surface area contributed by atoms with E-state index in [2.05, 4.69) is 68.6 Å². The average Bonchev–Trinajstić information content (AvgIpc) is 3.64. The molecule has 0 amide bonds. The Hall–Kier alpha value is -3.14. The first-order chi connectivity index (χ1) is 24.7. The molecule has 288 valence electrons. The molecule has 0 radical (unpaired) electrons. The van der Waals surface area contributed by atoms with Crippen molar-refractivity contribution in [3.8, 4) is 11.7 Å². The molecule has 8 atom stereocenters. The number of hydrogen-bond donors (Lipinski definition) is 1. The first kappa shape index (κ1) is 38.1. The maximum atomic E-state index is 14.1. The fourth-order valence-electron chi connectivity index (χ4n) is 12.9. The molecule has 5 aliphatic rings. The van der Waals surface area contributed by atoms with Crippen LogP contribution in [0.4, 0.5) is 0 Å². The summed E-state index contributed by atoms with van der Waals surface area (Å²) in [6.45, 7) is 19.6. The third kappa shape index (κ3) is 5.81. The molecule has 0 bridgehead atoms. The molecule has 2 aromatic rings. The number of esters is 1. The van der Waals surface area contributed by atoms with Gasteiger partial charge in [-0.05, 0) is 111 Å². The Balaban J connectivity index is 1.17. The summed E-state index contributed by atoms with van der Waals surface area (Å²) in [5, 5.41) is 18.8. The van der Waals surface area contributed by atoms with Crippen molar-refractivity contribution in [1.82, 2.24) is 20.2 Å². The molecule has 0 saturated heterocycles. The summed E-state index contributed by atoms with van der Waals surface area (Å²) in [6.07, 6.45) is 11.6. The van der Waals surface area contributed by atoms with Gasteiger partial charge in [0.25, 0.3) is 5.89 Å². The van der Waals surface area contributed by atoms with Gasteiger partial charge in [0.2, 0.25) is 11.7 Å². The lowest BCUT2D eigenvalue weighted by atomic mass is 9.33. The second-order valence-corrected chi connectivity index (χ2v) is 20.0. The van der Waals surface area contributed by atoms with Crippen molar-refractivity contribution >= 4 is 29.3 Å². The number of carbonyl (C=O) groups excluding carboxylic acids is 2. The number of halogens is 1. The van der Waals surface area contributed by atoms with Gasteiger partial charge in [-0.15, -0.1) is 10.2 Å². The zero-order valence-electron chi connectivity index (χ0n) is 33.0. The van der Waals surface area contributed by atoms with Crippen LogP contribution in [0.25, 0.3) is 11.7 Å². The number of allylic oxidation sites excluding steroid dienone is 2. The smallest absolute Gasteiger partial charge is 0.309 e. The largest absolute Gasteiger partial charge is 0.481 e. The highest BCUT2D eigenvalue weighted by molar-refractivity contribution is 6.30. The van der Waals surface area contributed by atoms with Crippen LogP contribution in [-0.4, -0.2) is 49.1 Å². The lowest BCUT2D eigenvalue weighted by molar-refractivity contribution is -0.233. The van der Waals surface area contributed by atoms with Crippen molar-refractivity contribution < 1.29 is 28.6 Å². The average molecular weight is 749 g/mol. The summed E-state index contributed by atoms with van der Waals surface area (Å²) in [7, 11) is 0. The monoisotopic (exact) mass is 748 g/mol. The second kappa shape index (κ2) is 12.7. The van der Waals surface area contributed by atoms with Gasteiger partial charge >= 0.3 is 11.9 Å². The molecule has 1 N–H and O–H groups in total. The number of ketones is 1. The minimum Gasteiger partial charge on any atom is -0.481 e. The number of ether oxygens (including phenoxy) is 1. The van der Waals surface area contributed by atoms with E-state index in [1.807, 2.05) is 0 Å². The predicted molar refractivity (Wildman–Crippen MR) is 199 cm³/mol. The summed E-state index contributed by atoms with van der Waals surface area (Å²) >= 11 is 6.01.